The number of amides is 3. The molecule has 0 bridgehead atoms. The van der Waals surface area contributed by atoms with Crippen molar-refractivity contribution in [2.45, 2.75) is 38.6 Å². The summed E-state index contributed by atoms with van der Waals surface area (Å²) in [6.45, 7) is 3.54. The van der Waals surface area contributed by atoms with E-state index in [9.17, 15) is 24.6 Å². The first kappa shape index (κ1) is 20.4. The molecule has 0 aromatic carbocycles. The average Bonchev–Trinajstić information content (AvgIpc) is 2.64. The lowest BCUT2D eigenvalue weighted by Gasteiger charge is -2.35. The highest BCUT2D eigenvalue weighted by Gasteiger charge is 2.37. The minimum absolute atomic E-state index is 0.0940. The highest BCUT2D eigenvalue weighted by Crippen LogP contribution is 2.20. The van der Waals surface area contributed by atoms with Crippen LogP contribution in [-0.2, 0) is 4.79 Å². The number of likely N-dealkylation sites (tertiary alicyclic amines) is 1. The molecule has 1 aromatic rings. The third-order valence-electron chi connectivity index (χ3n) is 4.63. The van der Waals surface area contributed by atoms with Crippen LogP contribution in [0.2, 0.25) is 0 Å². The Morgan fingerprint density at radius 3 is 2.48 bits per heavy atom. The van der Waals surface area contributed by atoms with E-state index >= 15 is 0 Å². The van der Waals surface area contributed by atoms with Crippen molar-refractivity contribution in [3.8, 4) is 0 Å². The monoisotopic (exact) mass is 379 g/mol. The van der Waals surface area contributed by atoms with E-state index in [4.69, 9.17) is 0 Å². The first-order valence-electron chi connectivity index (χ1n) is 8.94. The molecule has 27 heavy (non-hydrogen) atoms. The van der Waals surface area contributed by atoms with E-state index in [0.29, 0.717) is 37.8 Å². The van der Waals surface area contributed by atoms with Crippen molar-refractivity contribution in [3.05, 3.63) is 18.6 Å². The summed E-state index contributed by atoms with van der Waals surface area (Å²) < 4.78 is 0. The molecule has 0 radical (unpaired) electrons. The van der Waals surface area contributed by atoms with Crippen LogP contribution in [-0.4, -0.2) is 73.8 Å². The van der Waals surface area contributed by atoms with Gasteiger partial charge >= 0.3 is 12.2 Å². The van der Waals surface area contributed by atoms with Gasteiger partial charge in [0.15, 0.2) is 0 Å². The largest absolute Gasteiger partial charge is 0.464 e. The summed E-state index contributed by atoms with van der Waals surface area (Å²) in [5, 5.41) is 21.6. The molecule has 2 heterocycles. The van der Waals surface area contributed by atoms with Crippen LogP contribution in [0.3, 0.4) is 0 Å². The molecule has 1 fully saturated rings. The highest BCUT2D eigenvalue weighted by molar-refractivity contribution is 5.94. The maximum absolute atomic E-state index is 12.8. The van der Waals surface area contributed by atoms with Gasteiger partial charge in [0.2, 0.25) is 5.91 Å². The van der Waals surface area contributed by atoms with E-state index in [1.54, 1.807) is 11.1 Å². The summed E-state index contributed by atoms with van der Waals surface area (Å²) >= 11 is 0. The van der Waals surface area contributed by atoms with Crippen LogP contribution < -0.4 is 5.32 Å². The molecule has 1 aliphatic heterocycles. The summed E-state index contributed by atoms with van der Waals surface area (Å²) in [5.74, 6) is 0.601. The van der Waals surface area contributed by atoms with Gasteiger partial charge in [0.25, 0.3) is 0 Å². The van der Waals surface area contributed by atoms with Gasteiger partial charge in [-0.25, -0.2) is 14.6 Å². The second-order valence-corrected chi connectivity index (χ2v) is 6.62. The Bertz CT molecular complexity index is 634. The number of anilines is 1. The average molecular weight is 379 g/mol. The van der Waals surface area contributed by atoms with Crippen LogP contribution >= 0.6 is 0 Å². The van der Waals surface area contributed by atoms with Crippen LogP contribution in [0.5, 0.6) is 0 Å². The summed E-state index contributed by atoms with van der Waals surface area (Å²) in [6.07, 6.45) is 3.46. The van der Waals surface area contributed by atoms with Gasteiger partial charge in [0.05, 0.1) is 6.20 Å². The first-order valence-corrected chi connectivity index (χ1v) is 8.94. The molecule has 1 atom stereocenters. The van der Waals surface area contributed by atoms with E-state index in [1.165, 1.54) is 12.4 Å². The summed E-state index contributed by atoms with van der Waals surface area (Å²) in [4.78, 5) is 45.4. The van der Waals surface area contributed by atoms with Gasteiger partial charge in [0, 0.05) is 32.0 Å². The second kappa shape index (κ2) is 9.70. The van der Waals surface area contributed by atoms with Gasteiger partial charge in [-0.15, -0.1) is 0 Å². The second-order valence-electron chi connectivity index (χ2n) is 6.62. The van der Waals surface area contributed by atoms with E-state index in [-0.39, 0.29) is 11.3 Å². The molecule has 1 aliphatic rings. The molecule has 0 saturated carbocycles. The zero-order valence-electron chi connectivity index (χ0n) is 15.2. The van der Waals surface area contributed by atoms with Crippen molar-refractivity contribution in [2.24, 2.45) is 5.92 Å². The number of carboxylic acid groups (broad SMARTS) is 2. The Kier molecular flexibility index (Phi) is 7.33. The number of imide groups is 1. The van der Waals surface area contributed by atoms with Crippen molar-refractivity contribution < 1.29 is 24.6 Å². The molecule has 3 N–H and O–H groups in total. The van der Waals surface area contributed by atoms with Crippen LogP contribution in [0, 0.1) is 5.92 Å². The topological polar surface area (TPSA) is 136 Å². The van der Waals surface area contributed by atoms with Crippen molar-refractivity contribution in [1.29, 1.82) is 0 Å². The lowest BCUT2D eigenvalue weighted by Crippen LogP contribution is -2.54. The molecule has 3 amide bonds. The number of nitrogens with one attached hydrogen (secondary N) is 1. The Hall–Kier alpha value is -2.91. The fraction of sp³-hybridized carbons (Fsp3) is 0.588. The number of rotatable bonds is 7. The Morgan fingerprint density at radius 2 is 1.93 bits per heavy atom. The van der Waals surface area contributed by atoms with E-state index in [2.05, 4.69) is 22.2 Å². The van der Waals surface area contributed by atoms with Crippen molar-refractivity contribution in [1.82, 2.24) is 19.8 Å². The lowest BCUT2D eigenvalue weighted by atomic mass is 9.98. The smallest absolute Gasteiger partial charge is 0.417 e. The Labute approximate surface area is 157 Å². The third kappa shape index (κ3) is 5.80. The van der Waals surface area contributed by atoms with Crippen LogP contribution in [0.15, 0.2) is 18.6 Å². The highest BCUT2D eigenvalue weighted by atomic mass is 16.4. The van der Waals surface area contributed by atoms with E-state index < -0.39 is 24.1 Å². The molecular weight excluding hydrogens is 354 g/mol. The van der Waals surface area contributed by atoms with Crippen molar-refractivity contribution in [3.63, 3.8) is 0 Å². The predicted octanol–water partition coefficient (Wildman–Crippen LogP) is 1.95. The number of hydrogen-bond acceptors (Lipinski definition) is 6. The normalized spacial score (nSPS) is 15.8. The maximum atomic E-state index is 12.8. The Morgan fingerprint density at radius 1 is 1.26 bits per heavy atom. The molecule has 0 unspecified atom stereocenters. The molecule has 148 valence electrons. The van der Waals surface area contributed by atoms with Gasteiger partial charge in [-0.1, -0.05) is 6.92 Å². The molecule has 1 aromatic heterocycles. The number of hydrogen-bond donors (Lipinski definition) is 3. The quantitative estimate of drug-likeness (QED) is 0.612. The molecule has 0 spiro atoms. The Balaban J connectivity index is 2.01. The number of carbonyl (C=O) groups excluding carboxylic acids is 1. The van der Waals surface area contributed by atoms with E-state index in [0.717, 1.165) is 12.8 Å². The van der Waals surface area contributed by atoms with Crippen molar-refractivity contribution in [2.75, 3.05) is 25.0 Å². The fourth-order valence-electron chi connectivity index (χ4n) is 3.05. The molecule has 10 nitrogen and oxygen atoms in total. The lowest BCUT2D eigenvalue weighted by molar-refractivity contribution is -0.137. The molecule has 2 rings (SSSR count). The standard InChI is InChI=1S/C17H25N5O5/c1-12-4-9-21(10-5-12)15(23)13(22(16(24)25)17(26)27)3-2-6-19-14-11-18-7-8-20-14/h7-8,11-13H,2-6,9-10H2,1H3,(H,19,20)(H,24,25)(H,26,27)/t13-/m0/s1. The number of aromatic nitrogens is 2. The minimum Gasteiger partial charge on any atom is -0.464 e. The predicted molar refractivity (Wildman–Crippen MR) is 96.4 cm³/mol. The number of piperidine rings is 1. The van der Waals surface area contributed by atoms with Gasteiger partial charge in [-0.3, -0.25) is 9.78 Å². The fourth-order valence-corrected chi connectivity index (χ4v) is 3.05. The molecular formula is C17H25N5O5. The minimum atomic E-state index is -1.65. The van der Waals surface area contributed by atoms with E-state index in [1.807, 2.05) is 0 Å². The zero-order valence-corrected chi connectivity index (χ0v) is 15.2. The maximum Gasteiger partial charge on any atom is 0.417 e. The third-order valence-corrected chi connectivity index (χ3v) is 4.63. The summed E-state index contributed by atoms with van der Waals surface area (Å²) in [6, 6.07) is -1.25. The molecule has 0 aliphatic carbocycles. The van der Waals surface area contributed by atoms with Crippen LogP contribution in [0.1, 0.15) is 32.6 Å². The van der Waals surface area contributed by atoms with Crippen LogP contribution in [0.4, 0.5) is 15.4 Å². The molecule has 1 saturated heterocycles. The van der Waals surface area contributed by atoms with Gasteiger partial charge in [-0.05, 0) is 31.6 Å². The number of carbonyl (C=O) groups is 3. The number of nitrogens with zero attached hydrogens (tertiary/aromatic N) is 4. The van der Waals surface area contributed by atoms with Gasteiger partial charge in [0.1, 0.15) is 11.9 Å². The SMILES string of the molecule is CC1CCN(C(=O)[C@H](CCCNc2cnccn2)N(C(=O)O)C(=O)O)CC1. The summed E-state index contributed by atoms with van der Waals surface area (Å²) in [5.41, 5.74) is 0. The zero-order chi connectivity index (χ0) is 19.8. The van der Waals surface area contributed by atoms with Crippen LogP contribution in [0.25, 0.3) is 0 Å². The van der Waals surface area contributed by atoms with Crippen molar-refractivity contribution >= 4 is 23.9 Å². The first-order chi connectivity index (χ1) is 12.9. The van der Waals surface area contributed by atoms with Gasteiger partial charge < -0.3 is 20.4 Å². The summed E-state index contributed by atoms with van der Waals surface area (Å²) in [7, 11) is 0. The van der Waals surface area contributed by atoms with Gasteiger partial charge in [-0.2, -0.15) is 4.90 Å². The molecule has 10 heteroatoms.